The van der Waals surface area contributed by atoms with Crippen molar-refractivity contribution >= 4 is 35.5 Å². The number of carboxylic acid groups (broad SMARTS) is 1. The van der Waals surface area contributed by atoms with E-state index in [1.165, 1.54) is 25.1 Å². The zero-order valence-electron chi connectivity index (χ0n) is 29.0. The Labute approximate surface area is 288 Å². The highest BCUT2D eigenvalue weighted by Gasteiger charge is 2.32. The molecular formula is C34H55N7O8. The van der Waals surface area contributed by atoms with Crippen molar-refractivity contribution in [2.45, 2.75) is 115 Å². The van der Waals surface area contributed by atoms with Gasteiger partial charge in [0.05, 0.1) is 6.04 Å². The monoisotopic (exact) mass is 689 g/mol. The van der Waals surface area contributed by atoms with Gasteiger partial charge in [-0.1, -0.05) is 45.4 Å². The molecule has 274 valence electrons. The van der Waals surface area contributed by atoms with E-state index < -0.39 is 71.8 Å². The van der Waals surface area contributed by atoms with Crippen molar-refractivity contribution in [1.29, 1.82) is 0 Å². The fourth-order valence-electron chi connectivity index (χ4n) is 4.88. The van der Waals surface area contributed by atoms with Gasteiger partial charge in [-0.3, -0.25) is 24.0 Å². The number of amides is 5. The molecule has 0 fully saturated rings. The molecule has 0 aromatic heterocycles. The fourth-order valence-corrected chi connectivity index (χ4v) is 4.88. The Kier molecular flexibility index (Phi) is 19.3. The van der Waals surface area contributed by atoms with Gasteiger partial charge in [-0.2, -0.15) is 0 Å². The van der Waals surface area contributed by atoms with Gasteiger partial charge >= 0.3 is 5.97 Å². The maximum atomic E-state index is 13.6. The second-order valence-electron chi connectivity index (χ2n) is 12.5. The molecule has 0 spiro atoms. The molecular weight excluding hydrogens is 634 g/mol. The molecule has 1 aromatic rings. The molecule has 0 radical (unpaired) electrons. The predicted molar refractivity (Wildman–Crippen MR) is 185 cm³/mol. The second-order valence-corrected chi connectivity index (χ2v) is 12.5. The van der Waals surface area contributed by atoms with Crippen LogP contribution in [-0.4, -0.2) is 88.5 Å². The topological polar surface area (TPSA) is 255 Å². The first-order chi connectivity index (χ1) is 23.1. The number of hydrogen-bond acceptors (Lipinski definition) is 9. The van der Waals surface area contributed by atoms with Gasteiger partial charge in [-0.05, 0) is 75.6 Å². The van der Waals surface area contributed by atoms with Gasteiger partial charge in [0.2, 0.25) is 29.5 Å². The number of aliphatic carboxylic acids is 1. The first-order valence-electron chi connectivity index (χ1n) is 16.7. The number of rotatable bonds is 23. The van der Waals surface area contributed by atoms with Crippen molar-refractivity contribution in [3.8, 4) is 5.75 Å². The summed E-state index contributed by atoms with van der Waals surface area (Å²) in [4.78, 5) is 77.9. The number of nitrogens with one attached hydrogen (secondary N) is 5. The Bertz CT molecular complexity index is 1260. The molecule has 5 amide bonds. The van der Waals surface area contributed by atoms with Crippen LogP contribution in [0.1, 0.15) is 78.2 Å². The number of benzene rings is 1. The lowest BCUT2D eigenvalue weighted by atomic mass is 10.0. The molecule has 15 heteroatoms. The molecule has 1 rings (SSSR count). The smallest absolute Gasteiger partial charge is 0.326 e. The van der Waals surface area contributed by atoms with E-state index in [9.17, 15) is 39.0 Å². The summed E-state index contributed by atoms with van der Waals surface area (Å²) in [5.41, 5.74) is 11.8. The minimum Gasteiger partial charge on any atom is -0.508 e. The molecule has 0 saturated carbocycles. The summed E-state index contributed by atoms with van der Waals surface area (Å²) < 4.78 is 0. The Morgan fingerprint density at radius 2 is 1.24 bits per heavy atom. The molecule has 0 saturated heterocycles. The van der Waals surface area contributed by atoms with Crippen molar-refractivity contribution < 1.29 is 39.0 Å². The molecule has 1 aromatic carbocycles. The first-order valence-corrected chi connectivity index (χ1v) is 16.7. The Morgan fingerprint density at radius 1 is 0.755 bits per heavy atom. The predicted octanol–water partition coefficient (Wildman–Crippen LogP) is 0.342. The van der Waals surface area contributed by atoms with E-state index in [1.807, 2.05) is 20.8 Å². The van der Waals surface area contributed by atoms with Gasteiger partial charge in [0.15, 0.2) is 0 Å². The zero-order valence-corrected chi connectivity index (χ0v) is 29.0. The Hall–Kier alpha value is -4.50. The third-order valence-electron chi connectivity index (χ3n) is 7.57. The molecule has 6 atom stereocenters. The van der Waals surface area contributed by atoms with Crippen molar-refractivity contribution in [3.63, 3.8) is 0 Å². The van der Waals surface area contributed by atoms with Gasteiger partial charge in [0.25, 0.3) is 0 Å². The van der Waals surface area contributed by atoms with E-state index in [0.29, 0.717) is 31.4 Å². The lowest BCUT2D eigenvalue weighted by Gasteiger charge is -2.27. The molecule has 0 aliphatic heterocycles. The van der Waals surface area contributed by atoms with Gasteiger partial charge in [-0.15, -0.1) is 6.58 Å². The van der Waals surface area contributed by atoms with E-state index in [4.69, 9.17) is 11.5 Å². The second kappa shape index (κ2) is 22.2. The maximum Gasteiger partial charge on any atom is 0.326 e. The van der Waals surface area contributed by atoms with Crippen LogP contribution in [0.2, 0.25) is 0 Å². The van der Waals surface area contributed by atoms with Crippen LogP contribution >= 0.6 is 0 Å². The van der Waals surface area contributed by atoms with Crippen molar-refractivity contribution in [1.82, 2.24) is 26.6 Å². The van der Waals surface area contributed by atoms with E-state index in [2.05, 4.69) is 33.2 Å². The van der Waals surface area contributed by atoms with E-state index >= 15 is 0 Å². The van der Waals surface area contributed by atoms with E-state index in [0.717, 1.165) is 0 Å². The van der Waals surface area contributed by atoms with Crippen LogP contribution in [-0.2, 0) is 35.2 Å². The third kappa shape index (κ3) is 16.0. The largest absolute Gasteiger partial charge is 0.508 e. The number of carboxylic acids is 1. The Morgan fingerprint density at radius 3 is 1.76 bits per heavy atom. The van der Waals surface area contributed by atoms with Crippen molar-refractivity contribution in [3.05, 3.63) is 42.5 Å². The quantitative estimate of drug-likeness (QED) is 0.0563. The fraction of sp³-hybridized carbons (Fsp3) is 0.588. The average Bonchev–Trinajstić information content (AvgIpc) is 3.03. The first kappa shape index (κ1) is 42.5. The highest BCUT2D eigenvalue weighted by Crippen LogP contribution is 2.13. The van der Waals surface area contributed by atoms with Gasteiger partial charge < -0.3 is 48.3 Å². The summed E-state index contributed by atoms with van der Waals surface area (Å²) in [6.07, 6.45) is 3.64. The number of aromatic hydroxyl groups is 1. The molecule has 0 heterocycles. The lowest BCUT2D eigenvalue weighted by molar-refractivity contribution is -0.142. The summed E-state index contributed by atoms with van der Waals surface area (Å²) in [5, 5.41) is 32.4. The number of nitrogens with two attached hydrogens (primary N) is 2. The van der Waals surface area contributed by atoms with Crippen molar-refractivity contribution in [2.24, 2.45) is 17.4 Å². The molecule has 49 heavy (non-hydrogen) atoms. The number of carbonyl (C=O) groups is 6. The molecule has 0 aliphatic rings. The molecule has 0 unspecified atom stereocenters. The van der Waals surface area contributed by atoms with E-state index in [-0.39, 0.29) is 43.8 Å². The molecule has 0 aliphatic carbocycles. The number of phenolic OH excluding ortho intramolecular Hbond substituents is 1. The van der Waals surface area contributed by atoms with Gasteiger partial charge in [0.1, 0.15) is 36.0 Å². The minimum absolute atomic E-state index is 0.00246. The highest BCUT2D eigenvalue weighted by atomic mass is 16.4. The lowest BCUT2D eigenvalue weighted by Crippen LogP contribution is -2.59. The standard InChI is InChI=1S/C34H55N7O8/c1-6-10-24(39-32(46)26(12-8-9-17-35)37-29(43)21(5)36)30(44)38-25(11-7-2)31(45)40-27(19-22-13-15-23(42)16-14-22)33(47)41-28(34(48)49)18-20(3)4/h7,13-16,20-21,24-28,42H,2,6,8-12,17-19,35-36H2,1,3-5H3,(H,37,43)(H,38,44)(H,39,46)(H,40,45)(H,41,47)(H,48,49)/t21-,24-,25-,26-,27-,28-/m0/s1. The maximum absolute atomic E-state index is 13.6. The minimum atomic E-state index is -1.25. The summed E-state index contributed by atoms with van der Waals surface area (Å²) in [6.45, 7) is 11.0. The van der Waals surface area contributed by atoms with Crippen LogP contribution in [0.15, 0.2) is 36.9 Å². The average molecular weight is 690 g/mol. The number of hydrogen-bond donors (Lipinski definition) is 9. The summed E-state index contributed by atoms with van der Waals surface area (Å²) in [6, 6.07) is -0.591. The summed E-state index contributed by atoms with van der Waals surface area (Å²) in [5.74, 6) is -4.55. The highest BCUT2D eigenvalue weighted by molar-refractivity contribution is 5.96. The number of carbonyl (C=O) groups excluding carboxylic acids is 5. The molecule has 11 N–H and O–H groups in total. The van der Waals surface area contributed by atoms with Crippen LogP contribution in [0.25, 0.3) is 0 Å². The Balaban J connectivity index is 3.22. The summed E-state index contributed by atoms with van der Waals surface area (Å²) >= 11 is 0. The zero-order chi connectivity index (χ0) is 37.1. The van der Waals surface area contributed by atoms with Crippen LogP contribution in [0.5, 0.6) is 5.75 Å². The molecule has 0 bridgehead atoms. The summed E-state index contributed by atoms with van der Waals surface area (Å²) in [7, 11) is 0. The number of phenols is 1. The van der Waals surface area contributed by atoms with Crippen LogP contribution in [0.4, 0.5) is 0 Å². The van der Waals surface area contributed by atoms with Gasteiger partial charge in [0, 0.05) is 6.42 Å². The van der Waals surface area contributed by atoms with Crippen molar-refractivity contribution in [2.75, 3.05) is 6.54 Å². The normalized spacial score (nSPS) is 14.7. The van der Waals surface area contributed by atoms with E-state index in [1.54, 1.807) is 12.1 Å². The SMILES string of the molecule is C=CC[C@H](NC(=O)[C@H](CCC)NC(=O)[C@H](CCCCN)NC(=O)[C@H](C)N)C(=O)N[C@@H](Cc1ccc(O)cc1)C(=O)N[C@@H](CC(C)C)C(=O)O. The third-order valence-corrected chi connectivity index (χ3v) is 7.57. The van der Waals surface area contributed by atoms with Crippen LogP contribution < -0.4 is 38.1 Å². The van der Waals surface area contributed by atoms with Crippen LogP contribution in [0.3, 0.4) is 0 Å². The van der Waals surface area contributed by atoms with Crippen LogP contribution in [0, 0.1) is 5.92 Å². The molecule has 15 nitrogen and oxygen atoms in total. The number of unbranched alkanes of at least 4 members (excludes halogenated alkanes) is 1. The van der Waals surface area contributed by atoms with Gasteiger partial charge in [-0.25, -0.2) is 4.79 Å².